The van der Waals surface area contributed by atoms with E-state index in [2.05, 4.69) is 38.2 Å². The molecule has 122 valence electrons. The van der Waals surface area contributed by atoms with Gasteiger partial charge in [-0.25, -0.2) is 4.39 Å². The van der Waals surface area contributed by atoms with Crippen molar-refractivity contribution in [1.29, 1.82) is 0 Å². The number of amides is 1. The fraction of sp³-hybridized carbons (Fsp3) is 0.350. The second-order valence-electron chi connectivity index (χ2n) is 6.21. The van der Waals surface area contributed by atoms with Crippen LogP contribution in [0.4, 0.5) is 4.39 Å². The molecule has 0 aromatic heterocycles. The molecule has 0 fully saturated rings. The van der Waals surface area contributed by atoms with Crippen LogP contribution < -0.4 is 5.32 Å². The first-order chi connectivity index (χ1) is 10.9. The van der Waals surface area contributed by atoms with Crippen LogP contribution in [0.15, 0.2) is 36.4 Å². The molecule has 2 aromatic rings. The maximum absolute atomic E-state index is 12.9. The van der Waals surface area contributed by atoms with Crippen LogP contribution in [0, 0.1) is 26.6 Å². The molecule has 1 amide bonds. The van der Waals surface area contributed by atoms with Crippen LogP contribution in [0.2, 0.25) is 0 Å². The highest BCUT2D eigenvalue weighted by Gasteiger charge is 2.13. The molecule has 0 saturated heterocycles. The molecule has 2 aromatic carbocycles. The molecule has 0 aliphatic carbocycles. The lowest BCUT2D eigenvalue weighted by atomic mass is 9.96. The Labute approximate surface area is 137 Å². The fourth-order valence-corrected chi connectivity index (χ4v) is 2.75. The van der Waals surface area contributed by atoms with Crippen molar-refractivity contribution < 1.29 is 9.18 Å². The van der Waals surface area contributed by atoms with E-state index in [1.54, 1.807) is 12.1 Å². The predicted molar refractivity (Wildman–Crippen MR) is 91.9 cm³/mol. The van der Waals surface area contributed by atoms with Crippen molar-refractivity contribution in [3.8, 4) is 0 Å². The van der Waals surface area contributed by atoms with Crippen molar-refractivity contribution in [2.24, 2.45) is 0 Å². The minimum Gasteiger partial charge on any atom is -0.350 e. The predicted octanol–water partition coefficient (Wildman–Crippen LogP) is 4.56. The van der Waals surface area contributed by atoms with E-state index in [0.717, 1.165) is 11.1 Å². The number of halogens is 1. The topological polar surface area (TPSA) is 29.1 Å². The maximum Gasteiger partial charge on any atom is 0.220 e. The molecular formula is C20H24FNO. The van der Waals surface area contributed by atoms with Crippen molar-refractivity contribution in [2.75, 3.05) is 0 Å². The Hall–Kier alpha value is -2.16. The van der Waals surface area contributed by atoms with Crippen LogP contribution >= 0.6 is 0 Å². The standard InChI is InChI=1S/C20H24FNO/c1-13-11-15(3)19(12-14(13)2)16(4)22-20(23)10-7-17-5-8-18(21)9-6-17/h5-6,8-9,11-12,16H,7,10H2,1-4H3,(H,22,23). The minimum absolute atomic E-state index is 0.0134. The van der Waals surface area contributed by atoms with E-state index < -0.39 is 0 Å². The second-order valence-corrected chi connectivity index (χ2v) is 6.21. The number of nitrogens with one attached hydrogen (secondary N) is 1. The number of hydrogen-bond donors (Lipinski definition) is 1. The molecule has 0 aliphatic rings. The number of benzene rings is 2. The van der Waals surface area contributed by atoms with Crippen LogP contribution in [-0.2, 0) is 11.2 Å². The van der Waals surface area contributed by atoms with Gasteiger partial charge in [-0.1, -0.05) is 24.3 Å². The molecule has 3 heteroatoms. The van der Waals surface area contributed by atoms with Crippen LogP contribution in [0.1, 0.15) is 47.2 Å². The highest BCUT2D eigenvalue weighted by Crippen LogP contribution is 2.21. The van der Waals surface area contributed by atoms with Gasteiger partial charge in [0.25, 0.3) is 0 Å². The maximum atomic E-state index is 12.9. The van der Waals surface area contributed by atoms with E-state index >= 15 is 0 Å². The van der Waals surface area contributed by atoms with Crippen molar-refractivity contribution in [2.45, 2.75) is 46.6 Å². The third kappa shape index (κ3) is 4.65. The van der Waals surface area contributed by atoms with E-state index in [9.17, 15) is 9.18 Å². The Bertz CT molecular complexity index is 692. The van der Waals surface area contributed by atoms with Crippen molar-refractivity contribution >= 4 is 5.91 Å². The van der Waals surface area contributed by atoms with Crippen LogP contribution in [-0.4, -0.2) is 5.91 Å². The van der Waals surface area contributed by atoms with Crippen LogP contribution in [0.3, 0.4) is 0 Å². The van der Waals surface area contributed by atoms with Crippen LogP contribution in [0.5, 0.6) is 0 Å². The van der Waals surface area contributed by atoms with Gasteiger partial charge in [0.1, 0.15) is 5.82 Å². The largest absolute Gasteiger partial charge is 0.350 e. The number of carbonyl (C=O) groups is 1. The summed E-state index contributed by atoms with van der Waals surface area (Å²) < 4.78 is 12.9. The Morgan fingerprint density at radius 1 is 1.04 bits per heavy atom. The second kappa shape index (κ2) is 7.40. The van der Waals surface area contributed by atoms with E-state index in [1.165, 1.54) is 28.8 Å². The number of carbonyl (C=O) groups excluding carboxylic acids is 1. The summed E-state index contributed by atoms with van der Waals surface area (Å²) in [7, 11) is 0. The molecule has 2 nitrogen and oxygen atoms in total. The Morgan fingerprint density at radius 2 is 1.65 bits per heavy atom. The van der Waals surface area contributed by atoms with Crippen molar-refractivity contribution in [3.05, 3.63) is 70.0 Å². The highest BCUT2D eigenvalue weighted by molar-refractivity contribution is 5.76. The lowest BCUT2D eigenvalue weighted by Gasteiger charge is -2.18. The summed E-state index contributed by atoms with van der Waals surface area (Å²) in [5, 5.41) is 3.05. The number of aryl methyl sites for hydroxylation is 4. The Morgan fingerprint density at radius 3 is 2.30 bits per heavy atom. The molecule has 0 spiro atoms. The summed E-state index contributed by atoms with van der Waals surface area (Å²) in [5.74, 6) is -0.239. The molecule has 1 atom stereocenters. The zero-order chi connectivity index (χ0) is 17.0. The van der Waals surface area contributed by atoms with E-state index in [0.29, 0.717) is 12.8 Å². The first-order valence-electron chi connectivity index (χ1n) is 7.98. The molecule has 1 unspecified atom stereocenters. The summed E-state index contributed by atoms with van der Waals surface area (Å²) in [6.07, 6.45) is 1.02. The summed E-state index contributed by atoms with van der Waals surface area (Å²) in [5.41, 5.74) is 5.82. The Kier molecular flexibility index (Phi) is 5.54. The smallest absolute Gasteiger partial charge is 0.220 e. The quantitative estimate of drug-likeness (QED) is 0.861. The molecule has 0 saturated carbocycles. The van der Waals surface area contributed by atoms with Gasteiger partial charge in [-0.2, -0.15) is 0 Å². The van der Waals surface area contributed by atoms with Gasteiger partial charge in [0.2, 0.25) is 5.91 Å². The van der Waals surface area contributed by atoms with Gasteiger partial charge >= 0.3 is 0 Å². The average Bonchev–Trinajstić information content (AvgIpc) is 2.50. The average molecular weight is 313 g/mol. The lowest BCUT2D eigenvalue weighted by Crippen LogP contribution is -2.27. The first kappa shape index (κ1) is 17.2. The van der Waals surface area contributed by atoms with Crippen molar-refractivity contribution in [1.82, 2.24) is 5.32 Å². The SMILES string of the molecule is Cc1cc(C)c(C(C)NC(=O)CCc2ccc(F)cc2)cc1C. The molecule has 23 heavy (non-hydrogen) atoms. The zero-order valence-electron chi connectivity index (χ0n) is 14.2. The summed E-state index contributed by atoms with van der Waals surface area (Å²) in [6.45, 7) is 8.26. The zero-order valence-corrected chi connectivity index (χ0v) is 14.2. The fourth-order valence-electron chi connectivity index (χ4n) is 2.75. The monoisotopic (exact) mass is 313 g/mol. The molecule has 0 radical (unpaired) electrons. The summed E-state index contributed by atoms with van der Waals surface area (Å²) in [4.78, 5) is 12.1. The van der Waals surface area contributed by atoms with Gasteiger partial charge in [-0.3, -0.25) is 4.79 Å². The molecule has 0 bridgehead atoms. The summed E-state index contributed by atoms with van der Waals surface area (Å²) >= 11 is 0. The third-order valence-corrected chi connectivity index (χ3v) is 4.28. The highest BCUT2D eigenvalue weighted by atomic mass is 19.1. The molecule has 1 N–H and O–H groups in total. The van der Waals surface area contributed by atoms with E-state index in [-0.39, 0.29) is 17.8 Å². The van der Waals surface area contributed by atoms with Crippen LogP contribution in [0.25, 0.3) is 0 Å². The minimum atomic E-state index is -0.253. The van der Waals surface area contributed by atoms with E-state index in [1.807, 2.05) is 6.92 Å². The van der Waals surface area contributed by atoms with Gasteiger partial charge in [-0.05, 0) is 74.1 Å². The summed E-state index contributed by atoms with van der Waals surface area (Å²) in [6, 6.07) is 10.6. The van der Waals surface area contributed by atoms with Gasteiger partial charge in [0, 0.05) is 6.42 Å². The molecular weight excluding hydrogens is 289 g/mol. The molecule has 0 heterocycles. The van der Waals surface area contributed by atoms with Gasteiger partial charge in [0.05, 0.1) is 6.04 Å². The number of rotatable bonds is 5. The van der Waals surface area contributed by atoms with Crippen molar-refractivity contribution in [3.63, 3.8) is 0 Å². The number of hydrogen-bond acceptors (Lipinski definition) is 1. The molecule has 2 rings (SSSR count). The Balaban J connectivity index is 1.94. The third-order valence-electron chi connectivity index (χ3n) is 4.28. The van der Waals surface area contributed by atoms with Gasteiger partial charge in [0.15, 0.2) is 0 Å². The lowest BCUT2D eigenvalue weighted by molar-refractivity contribution is -0.121. The van der Waals surface area contributed by atoms with Gasteiger partial charge < -0.3 is 5.32 Å². The first-order valence-corrected chi connectivity index (χ1v) is 7.98. The van der Waals surface area contributed by atoms with E-state index in [4.69, 9.17) is 0 Å². The van der Waals surface area contributed by atoms with Gasteiger partial charge in [-0.15, -0.1) is 0 Å². The molecule has 0 aliphatic heterocycles. The normalized spacial score (nSPS) is 12.0.